The van der Waals surface area contributed by atoms with Crippen LogP contribution in [0, 0.1) is 15.9 Å². The molecule has 1 aliphatic rings. The maximum atomic E-state index is 13.0. The molecule has 2 amide bonds. The van der Waals surface area contributed by atoms with Gasteiger partial charge in [0.15, 0.2) is 0 Å². The first-order valence-electron chi connectivity index (χ1n) is 6.74. The molecular formula is C16H9FN2O4S. The predicted octanol–water partition coefficient (Wildman–Crippen LogP) is 3.97. The van der Waals surface area contributed by atoms with E-state index in [9.17, 15) is 24.1 Å². The Hall–Kier alpha value is -3.00. The van der Waals surface area contributed by atoms with E-state index in [1.165, 1.54) is 54.6 Å². The highest BCUT2D eigenvalue weighted by Crippen LogP contribution is 2.35. The first kappa shape index (κ1) is 15.9. The number of carbonyl (C=O) groups excluding carboxylic acids is 2. The van der Waals surface area contributed by atoms with Crippen LogP contribution in [0.15, 0.2) is 53.4 Å². The van der Waals surface area contributed by atoms with Crippen molar-refractivity contribution in [2.45, 2.75) is 0 Å². The number of imide groups is 1. The number of thioether (sulfide) groups is 1. The molecule has 0 radical (unpaired) electrons. The first-order chi connectivity index (χ1) is 11.5. The first-order valence-corrected chi connectivity index (χ1v) is 7.55. The predicted molar refractivity (Wildman–Crippen MR) is 87.9 cm³/mol. The largest absolute Gasteiger partial charge is 0.298 e. The fraction of sp³-hybridized carbons (Fsp3) is 0. The fourth-order valence-corrected chi connectivity index (χ4v) is 2.97. The van der Waals surface area contributed by atoms with E-state index in [0.29, 0.717) is 5.56 Å². The molecule has 1 saturated heterocycles. The van der Waals surface area contributed by atoms with Gasteiger partial charge in [0.1, 0.15) is 5.82 Å². The Morgan fingerprint density at radius 1 is 1.04 bits per heavy atom. The smallest absolute Gasteiger partial charge is 0.268 e. The highest BCUT2D eigenvalue weighted by atomic mass is 32.2. The maximum absolute atomic E-state index is 13.0. The van der Waals surface area contributed by atoms with Gasteiger partial charge in [0.25, 0.3) is 16.8 Å². The number of amides is 2. The van der Waals surface area contributed by atoms with Gasteiger partial charge in [0, 0.05) is 12.1 Å². The zero-order valence-corrected chi connectivity index (χ0v) is 12.8. The molecule has 0 unspecified atom stereocenters. The fourth-order valence-electron chi connectivity index (χ4n) is 2.12. The lowest BCUT2D eigenvalue weighted by Crippen LogP contribution is -2.27. The van der Waals surface area contributed by atoms with E-state index in [1.807, 2.05) is 0 Å². The van der Waals surface area contributed by atoms with Gasteiger partial charge in [0.2, 0.25) is 0 Å². The van der Waals surface area contributed by atoms with Crippen molar-refractivity contribution in [1.29, 1.82) is 0 Å². The summed E-state index contributed by atoms with van der Waals surface area (Å²) in [6.07, 6.45) is 1.48. The van der Waals surface area contributed by atoms with Gasteiger partial charge in [-0.3, -0.25) is 19.7 Å². The summed E-state index contributed by atoms with van der Waals surface area (Å²) >= 11 is 0.757. The molecule has 1 heterocycles. The Bertz CT molecular complexity index is 863. The maximum Gasteiger partial charge on any atom is 0.298 e. The molecule has 0 aromatic heterocycles. The Labute approximate surface area is 139 Å². The lowest BCUT2D eigenvalue weighted by atomic mass is 10.2. The molecule has 1 fully saturated rings. The molecule has 0 N–H and O–H groups in total. The number of non-ortho nitro benzene ring substituents is 1. The van der Waals surface area contributed by atoms with Gasteiger partial charge in [-0.1, -0.05) is 0 Å². The van der Waals surface area contributed by atoms with Crippen molar-refractivity contribution >= 4 is 40.4 Å². The molecule has 0 spiro atoms. The van der Waals surface area contributed by atoms with E-state index in [2.05, 4.69) is 0 Å². The Morgan fingerprint density at radius 3 is 2.25 bits per heavy atom. The third-order valence-electron chi connectivity index (χ3n) is 3.28. The highest BCUT2D eigenvalue weighted by molar-refractivity contribution is 8.19. The van der Waals surface area contributed by atoms with Crippen molar-refractivity contribution in [3.8, 4) is 0 Å². The van der Waals surface area contributed by atoms with Crippen LogP contribution in [-0.4, -0.2) is 16.1 Å². The number of hydrogen-bond donors (Lipinski definition) is 0. The zero-order valence-electron chi connectivity index (χ0n) is 12.0. The van der Waals surface area contributed by atoms with Crippen LogP contribution in [-0.2, 0) is 4.79 Å². The Kier molecular flexibility index (Phi) is 4.13. The van der Waals surface area contributed by atoms with Crippen LogP contribution >= 0.6 is 11.8 Å². The molecule has 2 aromatic carbocycles. The van der Waals surface area contributed by atoms with Crippen LogP contribution in [0.25, 0.3) is 6.08 Å². The lowest BCUT2D eigenvalue weighted by molar-refractivity contribution is -0.384. The van der Waals surface area contributed by atoms with Crippen molar-refractivity contribution in [2.24, 2.45) is 0 Å². The number of carbonyl (C=O) groups is 2. The van der Waals surface area contributed by atoms with E-state index in [0.717, 1.165) is 16.7 Å². The molecule has 0 aliphatic carbocycles. The van der Waals surface area contributed by atoms with Crippen molar-refractivity contribution in [2.75, 3.05) is 4.90 Å². The van der Waals surface area contributed by atoms with Crippen molar-refractivity contribution < 1.29 is 18.9 Å². The van der Waals surface area contributed by atoms with Crippen molar-refractivity contribution in [3.05, 3.63) is 74.9 Å². The SMILES string of the molecule is O=C1SC(=Cc2ccc([N+](=O)[O-])cc2)C(=O)N1c1ccc(F)cc1. The Morgan fingerprint density at radius 2 is 1.67 bits per heavy atom. The molecule has 8 heteroatoms. The van der Waals surface area contributed by atoms with Crippen LogP contribution in [0.2, 0.25) is 0 Å². The summed E-state index contributed by atoms with van der Waals surface area (Å²) in [5, 5.41) is 10.1. The minimum absolute atomic E-state index is 0.0634. The second-order valence-electron chi connectivity index (χ2n) is 4.84. The van der Waals surface area contributed by atoms with Gasteiger partial charge in [-0.15, -0.1) is 0 Å². The number of nitrogens with zero attached hydrogens (tertiary/aromatic N) is 2. The number of anilines is 1. The van der Waals surface area contributed by atoms with Crippen LogP contribution in [0.1, 0.15) is 5.56 Å². The number of nitro groups is 1. The molecular weight excluding hydrogens is 335 g/mol. The highest BCUT2D eigenvalue weighted by Gasteiger charge is 2.36. The van der Waals surface area contributed by atoms with Gasteiger partial charge in [-0.2, -0.15) is 0 Å². The second-order valence-corrected chi connectivity index (χ2v) is 5.84. The number of nitro benzene ring substituents is 1. The van der Waals surface area contributed by atoms with Gasteiger partial charge in [0.05, 0.1) is 15.5 Å². The van der Waals surface area contributed by atoms with Crippen LogP contribution in [0.4, 0.5) is 20.6 Å². The topological polar surface area (TPSA) is 80.5 Å². The standard InChI is InChI=1S/C16H9FN2O4S/c17-11-3-7-12(8-4-11)18-15(20)14(24-16(18)21)9-10-1-5-13(6-2-10)19(22)23/h1-9H. The summed E-state index contributed by atoms with van der Waals surface area (Å²) in [6, 6.07) is 10.6. The van der Waals surface area contributed by atoms with Crippen LogP contribution < -0.4 is 4.90 Å². The van der Waals surface area contributed by atoms with E-state index >= 15 is 0 Å². The van der Waals surface area contributed by atoms with Gasteiger partial charge in [-0.05, 0) is 59.8 Å². The number of halogens is 1. The molecule has 2 aromatic rings. The minimum Gasteiger partial charge on any atom is -0.268 e. The van der Waals surface area contributed by atoms with E-state index < -0.39 is 21.9 Å². The van der Waals surface area contributed by atoms with Gasteiger partial charge in [-0.25, -0.2) is 9.29 Å². The van der Waals surface area contributed by atoms with Gasteiger partial charge >= 0.3 is 0 Å². The minimum atomic E-state index is -0.522. The Balaban J connectivity index is 1.87. The van der Waals surface area contributed by atoms with Crippen LogP contribution in [0.3, 0.4) is 0 Å². The average molecular weight is 344 g/mol. The summed E-state index contributed by atoms with van der Waals surface area (Å²) in [7, 11) is 0. The lowest BCUT2D eigenvalue weighted by Gasteiger charge is -2.11. The third-order valence-corrected chi connectivity index (χ3v) is 4.15. The summed E-state index contributed by atoms with van der Waals surface area (Å²) in [5.41, 5.74) is 0.780. The number of rotatable bonds is 3. The number of hydrogen-bond acceptors (Lipinski definition) is 5. The third kappa shape index (κ3) is 3.04. The molecule has 6 nitrogen and oxygen atoms in total. The van der Waals surface area contributed by atoms with Crippen molar-refractivity contribution in [3.63, 3.8) is 0 Å². The molecule has 120 valence electrons. The molecule has 3 rings (SSSR count). The molecule has 0 atom stereocenters. The molecule has 24 heavy (non-hydrogen) atoms. The van der Waals surface area contributed by atoms with Crippen molar-refractivity contribution in [1.82, 2.24) is 0 Å². The molecule has 0 bridgehead atoms. The molecule has 0 saturated carbocycles. The summed E-state index contributed by atoms with van der Waals surface area (Å²) in [6.45, 7) is 0. The van der Waals surface area contributed by atoms with Gasteiger partial charge < -0.3 is 0 Å². The summed E-state index contributed by atoms with van der Waals surface area (Å²) < 4.78 is 13.0. The number of benzene rings is 2. The summed E-state index contributed by atoms with van der Waals surface area (Å²) in [5.74, 6) is -0.984. The summed E-state index contributed by atoms with van der Waals surface area (Å²) in [4.78, 5) is 35.7. The van der Waals surface area contributed by atoms with E-state index in [1.54, 1.807) is 0 Å². The monoisotopic (exact) mass is 344 g/mol. The van der Waals surface area contributed by atoms with Crippen LogP contribution in [0.5, 0.6) is 0 Å². The average Bonchev–Trinajstić information content (AvgIpc) is 2.83. The quantitative estimate of drug-likeness (QED) is 0.478. The van der Waals surface area contributed by atoms with E-state index in [4.69, 9.17) is 0 Å². The molecule has 1 aliphatic heterocycles. The zero-order chi connectivity index (χ0) is 17.3. The normalized spacial score (nSPS) is 16.0. The second kappa shape index (κ2) is 6.25. The van der Waals surface area contributed by atoms with E-state index in [-0.39, 0.29) is 16.3 Å².